The zero-order chi connectivity index (χ0) is 13.4. The molecule has 0 heterocycles. The number of rotatable bonds is 7. The van der Waals surface area contributed by atoms with Gasteiger partial charge in [0.15, 0.2) is 0 Å². The van der Waals surface area contributed by atoms with Crippen molar-refractivity contribution in [3.05, 3.63) is 29.6 Å². The molecule has 3 nitrogen and oxygen atoms in total. The van der Waals surface area contributed by atoms with Crippen LogP contribution in [0.3, 0.4) is 0 Å². The molecular formula is C14H20FNO2. The summed E-state index contributed by atoms with van der Waals surface area (Å²) >= 11 is 0. The number of hydrogen-bond acceptors (Lipinski definition) is 3. The number of benzene rings is 1. The first-order valence-electron chi connectivity index (χ1n) is 6.30. The van der Waals surface area contributed by atoms with E-state index in [1.165, 1.54) is 38.5 Å². The predicted molar refractivity (Wildman–Crippen MR) is 70.4 cm³/mol. The second-order valence-corrected chi connectivity index (χ2v) is 4.17. The van der Waals surface area contributed by atoms with Gasteiger partial charge in [-0.3, -0.25) is 0 Å². The van der Waals surface area contributed by atoms with Gasteiger partial charge >= 0.3 is 5.97 Å². The van der Waals surface area contributed by atoms with E-state index in [1.807, 2.05) is 0 Å². The smallest absolute Gasteiger partial charge is 0.340 e. The molecule has 0 fully saturated rings. The van der Waals surface area contributed by atoms with E-state index in [0.717, 1.165) is 18.7 Å². The third-order valence-corrected chi connectivity index (χ3v) is 2.73. The Morgan fingerprint density at radius 1 is 1.33 bits per heavy atom. The molecule has 0 atom stereocenters. The van der Waals surface area contributed by atoms with Gasteiger partial charge in [0.1, 0.15) is 5.82 Å². The van der Waals surface area contributed by atoms with Crippen LogP contribution in [-0.4, -0.2) is 19.6 Å². The lowest BCUT2D eigenvalue weighted by molar-refractivity contribution is 0.0595. The van der Waals surface area contributed by atoms with E-state index in [1.54, 1.807) is 6.07 Å². The number of anilines is 1. The second-order valence-electron chi connectivity index (χ2n) is 4.17. The Kier molecular flexibility index (Phi) is 6.19. The van der Waals surface area contributed by atoms with E-state index in [0.29, 0.717) is 0 Å². The number of methoxy groups -OCH3 is 1. The summed E-state index contributed by atoms with van der Waals surface area (Å²) in [6, 6.07) is 4.39. The van der Waals surface area contributed by atoms with Crippen LogP contribution in [0.15, 0.2) is 18.2 Å². The van der Waals surface area contributed by atoms with Crippen molar-refractivity contribution < 1.29 is 13.9 Å². The zero-order valence-electron chi connectivity index (χ0n) is 11.0. The van der Waals surface area contributed by atoms with Crippen molar-refractivity contribution in [2.24, 2.45) is 0 Å². The molecule has 1 N–H and O–H groups in total. The summed E-state index contributed by atoms with van der Waals surface area (Å²) in [5.41, 5.74) is 0.712. The number of esters is 1. The molecule has 100 valence electrons. The number of unbranched alkanes of at least 4 members (excludes halogenated alkanes) is 3. The van der Waals surface area contributed by atoms with Gasteiger partial charge in [0.05, 0.1) is 12.7 Å². The predicted octanol–water partition coefficient (Wildman–Crippen LogP) is 3.60. The summed E-state index contributed by atoms with van der Waals surface area (Å²) in [4.78, 5) is 11.3. The van der Waals surface area contributed by atoms with Crippen molar-refractivity contribution >= 4 is 11.7 Å². The molecule has 1 aromatic carbocycles. The van der Waals surface area contributed by atoms with Gasteiger partial charge in [-0.15, -0.1) is 0 Å². The molecule has 0 saturated carbocycles. The Morgan fingerprint density at radius 3 is 2.78 bits per heavy atom. The average Bonchev–Trinajstić information content (AvgIpc) is 2.39. The minimum atomic E-state index is -0.651. The molecule has 1 rings (SSSR count). The van der Waals surface area contributed by atoms with Crippen LogP contribution >= 0.6 is 0 Å². The van der Waals surface area contributed by atoms with Gasteiger partial charge < -0.3 is 10.1 Å². The summed E-state index contributed by atoms with van der Waals surface area (Å²) in [6.45, 7) is 2.99. The van der Waals surface area contributed by atoms with E-state index >= 15 is 0 Å². The fourth-order valence-corrected chi connectivity index (χ4v) is 1.69. The molecule has 18 heavy (non-hydrogen) atoms. The van der Waals surface area contributed by atoms with Gasteiger partial charge in [0.2, 0.25) is 0 Å². The Balaban J connectivity index is 2.54. The molecule has 0 amide bonds. The molecular weight excluding hydrogens is 233 g/mol. The fraction of sp³-hybridized carbons (Fsp3) is 0.500. The van der Waals surface area contributed by atoms with Crippen LogP contribution in [0.5, 0.6) is 0 Å². The van der Waals surface area contributed by atoms with Crippen LogP contribution in [0.4, 0.5) is 10.1 Å². The third-order valence-electron chi connectivity index (χ3n) is 2.73. The van der Waals surface area contributed by atoms with E-state index < -0.39 is 11.8 Å². The molecule has 1 aromatic rings. The van der Waals surface area contributed by atoms with Crippen LogP contribution in [0.2, 0.25) is 0 Å². The Bertz CT molecular complexity index is 393. The van der Waals surface area contributed by atoms with Crippen LogP contribution in [0.25, 0.3) is 0 Å². The van der Waals surface area contributed by atoms with Crippen molar-refractivity contribution in [2.75, 3.05) is 19.0 Å². The lowest BCUT2D eigenvalue weighted by atomic mass is 10.1. The van der Waals surface area contributed by atoms with E-state index in [-0.39, 0.29) is 5.56 Å². The van der Waals surface area contributed by atoms with E-state index in [4.69, 9.17) is 0 Å². The molecule has 4 heteroatoms. The summed E-state index contributed by atoms with van der Waals surface area (Å²) in [5.74, 6) is -1.21. The molecule has 0 aliphatic rings. The Morgan fingerprint density at radius 2 is 2.11 bits per heavy atom. The van der Waals surface area contributed by atoms with Gasteiger partial charge in [-0.1, -0.05) is 26.2 Å². The molecule has 0 aromatic heterocycles. The summed E-state index contributed by atoms with van der Waals surface area (Å²) in [6.07, 6.45) is 4.66. The topological polar surface area (TPSA) is 38.3 Å². The molecule has 0 aliphatic carbocycles. The number of ether oxygens (including phenoxy) is 1. The molecule has 0 bridgehead atoms. The maximum absolute atomic E-state index is 13.4. The van der Waals surface area contributed by atoms with Crippen molar-refractivity contribution in [1.29, 1.82) is 0 Å². The number of carbonyl (C=O) groups is 1. The zero-order valence-corrected chi connectivity index (χ0v) is 11.0. The standard InChI is InChI=1S/C14H20FNO2/c1-3-4-5-6-9-16-11-7-8-13(15)12(10-11)14(17)18-2/h7-8,10,16H,3-6,9H2,1-2H3. The Labute approximate surface area is 107 Å². The fourth-order valence-electron chi connectivity index (χ4n) is 1.69. The first-order valence-corrected chi connectivity index (χ1v) is 6.30. The van der Waals surface area contributed by atoms with Crippen molar-refractivity contribution in [2.45, 2.75) is 32.6 Å². The highest BCUT2D eigenvalue weighted by Crippen LogP contribution is 2.16. The SMILES string of the molecule is CCCCCCNc1ccc(F)c(C(=O)OC)c1. The largest absolute Gasteiger partial charge is 0.465 e. The normalized spacial score (nSPS) is 10.2. The van der Waals surface area contributed by atoms with Gasteiger partial charge in [0.25, 0.3) is 0 Å². The highest BCUT2D eigenvalue weighted by molar-refractivity contribution is 5.90. The molecule has 0 radical (unpaired) electrons. The van der Waals surface area contributed by atoms with Crippen LogP contribution in [0.1, 0.15) is 43.0 Å². The molecule has 0 aliphatic heterocycles. The Hall–Kier alpha value is -1.58. The van der Waals surface area contributed by atoms with Crippen molar-refractivity contribution in [3.63, 3.8) is 0 Å². The lowest BCUT2D eigenvalue weighted by Gasteiger charge is -2.08. The van der Waals surface area contributed by atoms with Crippen molar-refractivity contribution in [1.82, 2.24) is 0 Å². The minimum absolute atomic E-state index is 0.0314. The maximum Gasteiger partial charge on any atom is 0.340 e. The summed E-state index contributed by atoms with van der Waals surface area (Å²) in [7, 11) is 1.24. The van der Waals surface area contributed by atoms with E-state index in [9.17, 15) is 9.18 Å². The second kappa shape index (κ2) is 7.69. The van der Waals surface area contributed by atoms with Crippen LogP contribution in [-0.2, 0) is 4.74 Å². The number of nitrogens with one attached hydrogen (secondary N) is 1. The number of halogens is 1. The van der Waals surface area contributed by atoms with Crippen LogP contribution in [0, 0.1) is 5.82 Å². The third kappa shape index (κ3) is 4.35. The quantitative estimate of drug-likeness (QED) is 0.596. The first-order chi connectivity index (χ1) is 8.69. The minimum Gasteiger partial charge on any atom is -0.465 e. The van der Waals surface area contributed by atoms with E-state index in [2.05, 4.69) is 17.0 Å². The highest BCUT2D eigenvalue weighted by atomic mass is 19.1. The lowest BCUT2D eigenvalue weighted by Crippen LogP contribution is -2.07. The monoisotopic (exact) mass is 253 g/mol. The number of carbonyl (C=O) groups excluding carboxylic acids is 1. The molecule has 0 unspecified atom stereocenters. The van der Waals surface area contributed by atoms with Gasteiger partial charge in [-0.05, 0) is 24.6 Å². The van der Waals surface area contributed by atoms with Gasteiger partial charge in [-0.25, -0.2) is 9.18 Å². The summed E-state index contributed by atoms with van der Waals surface area (Å²) < 4.78 is 17.9. The van der Waals surface area contributed by atoms with Crippen molar-refractivity contribution in [3.8, 4) is 0 Å². The average molecular weight is 253 g/mol. The maximum atomic E-state index is 13.4. The summed E-state index contributed by atoms with van der Waals surface area (Å²) in [5, 5.41) is 3.18. The molecule has 0 spiro atoms. The first kappa shape index (κ1) is 14.5. The molecule has 0 saturated heterocycles. The van der Waals surface area contributed by atoms with Gasteiger partial charge in [0, 0.05) is 12.2 Å². The number of hydrogen-bond donors (Lipinski definition) is 1. The highest BCUT2D eigenvalue weighted by Gasteiger charge is 2.12. The van der Waals surface area contributed by atoms with Crippen LogP contribution < -0.4 is 5.32 Å². The van der Waals surface area contributed by atoms with Gasteiger partial charge in [-0.2, -0.15) is 0 Å².